The Hall–Kier alpha value is -2.22. The van der Waals surface area contributed by atoms with Crippen LogP contribution < -0.4 is 5.43 Å². The smallest absolute Gasteiger partial charge is 0.400 e. The van der Waals surface area contributed by atoms with Gasteiger partial charge in [0.2, 0.25) is 0 Å². The number of hydrazone groups is 1. The second-order valence-corrected chi connectivity index (χ2v) is 4.50. The molecule has 0 saturated heterocycles. The average Bonchev–Trinajstić information content (AvgIpc) is 2.88. The van der Waals surface area contributed by atoms with Gasteiger partial charge in [-0.15, -0.1) is 0 Å². The molecule has 8 nitrogen and oxygen atoms in total. The van der Waals surface area contributed by atoms with E-state index in [0.717, 1.165) is 25.9 Å². The lowest BCUT2D eigenvalue weighted by atomic mass is 10.3. The minimum Gasteiger partial charge on any atom is -0.400 e. The van der Waals surface area contributed by atoms with Gasteiger partial charge in [0.05, 0.1) is 18.8 Å². The zero-order valence-electron chi connectivity index (χ0n) is 12.2. The van der Waals surface area contributed by atoms with Crippen LogP contribution in [0.25, 0.3) is 0 Å². The second kappa shape index (κ2) is 8.85. The summed E-state index contributed by atoms with van der Waals surface area (Å²) in [6.07, 6.45) is 3.19. The van der Waals surface area contributed by atoms with Crippen LogP contribution in [-0.4, -0.2) is 41.6 Å². The summed E-state index contributed by atoms with van der Waals surface area (Å²) in [5.74, 6) is -0.380. The molecule has 1 rings (SSSR count). The standard InChI is InChI=1S/C13H20N4O4/c1-3-7-16(8-4-2)10-12(18)15-14-9-11-5-6-13(21-11)17(19)20/h5-6,9H,3-4,7-8,10H2,1-2H3,(H,15,18)/b14-9-. The number of hydrogen-bond donors (Lipinski definition) is 1. The number of nitrogens with zero attached hydrogens (tertiary/aromatic N) is 3. The molecular weight excluding hydrogens is 276 g/mol. The van der Waals surface area contributed by atoms with Crippen LogP contribution in [0, 0.1) is 10.1 Å². The monoisotopic (exact) mass is 296 g/mol. The van der Waals surface area contributed by atoms with Gasteiger partial charge >= 0.3 is 5.88 Å². The van der Waals surface area contributed by atoms with Crippen molar-refractivity contribution < 1.29 is 14.1 Å². The highest BCUT2D eigenvalue weighted by Crippen LogP contribution is 2.13. The van der Waals surface area contributed by atoms with E-state index in [1.165, 1.54) is 18.3 Å². The van der Waals surface area contributed by atoms with Gasteiger partial charge < -0.3 is 4.42 Å². The van der Waals surface area contributed by atoms with Crippen molar-refractivity contribution in [3.8, 4) is 0 Å². The van der Waals surface area contributed by atoms with E-state index in [-0.39, 0.29) is 24.1 Å². The minimum atomic E-state index is -0.636. The van der Waals surface area contributed by atoms with Crippen LogP contribution in [0.4, 0.5) is 5.88 Å². The summed E-state index contributed by atoms with van der Waals surface area (Å²) in [6.45, 7) is 6.10. The molecule has 21 heavy (non-hydrogen) atoms. The maximum absolute atomic E-state index is 11.7. The van der Waals surface area contributed by atoms with E-state index in [0.29, 0.717) is 0 Å². The third kappa shape index (κ3) is 6.17. The second-order valence-electron chi connectivity index (χ2n) is 4.50. The number of rotatable bonds is 9. The molecule has 0 spiro atoms. The summed E-state index contributed by atoms with van der Waals surface area (Å²) >= 11 is 0. The highest BCUT2D eigenvalue weighted by atomic mass is 16.6. The van der Waals surface area contributed by atoms with Gasteiger partial charge in [-0.3, -0.25) is 19.8 Å². The molecule has 0 aliphatic heterocycles. The number of furan rings is 1. The lowest BCUT2D eigenvalue weighted by molar-refractivity contribution is -0.402. The molecule has 0 fully saturated rings. The zero-order chi connectivity index (χ0) is 15.7. The molecule has 0 saturated carbocycles. The number of amides is 1. The van der Waals surface area contributed by atoms with Crippen molar-refractivity contribution in [2.24, 2.45) is 5.10 Å². The highest BCUT2D eigenvalue weighted by molar-refractivity contribution is 5.81. The molecule has 1 N–H and O–H groups in total. The lowest BCUT2D eigenvalue weighted by Crippen LogP contribution is -2.36. The molecular formula is C13H20N4O4. The van der Waals surface area contributed by atoms with Gasteiger partial charge in [0, 0.05) is 0 Å². The first-order chi connectivity index (χ1) is 10.1. The van der Waals surface area contributed by atoms with Crippen molar-refractivity contribution >= 4 is 18.0 Å². The van der Waals surface area contributed by atoms with Crippen LogP contribution in [0.5, 0.6) is 0 Å². The molecule has 1 aromatic heterocycles. The van der Waals surface area contributed by atoms with Gasteiger partial charge in [0.15, 0.2) is 5.76 Å². The molecule has 1 amide bonds. The van der Waals surface area contributed by atoms with Crippen molar-refractivity contribution in [2.45, 2.75) is 26.7 Å². The van der Waals surface area contributed by atoms with E-state index >= 15 is 0 Å². The fraction of sp³-hybridized carbons (Fsp3) is 0.538. The van der Waals surface area contributed by atoms with Gasteiger partial charge in [-0.25, -0.2) is 5.43 Å². The first-order valence-electron chi connectivity index (χ1n) is 6.85. The maximum atomic E-state index is 11.7. The number of nitro groups is 1. The Morgan fingerprint density at radius 1 is 1.43 bits per heavy atom. The fourth-order valence-corrected chi connectivity index (χ4v) is 1.82. The van der Waals surface area contributed by atoms with Crippen LogP contribution >= 0.6 is 0 Å². The first kappa shape index (κ1) is 16.8. The molecule has 1 heterocycles. The Kier molecular flexibility index (Phi) is 7.10. The number of carbonyl (C=O) groups excluding carboxylic acids is 1. The summed E-state index contributed by atoms with van der Waals surface area (Å²) in [6, 6.07) is 2.64. The van der Waals surface area contributed by atoms with E-state index in [9.17, 15) is 14.9 Å². The van der Waals surface area contributed by atoms with Crippen molar-refractivity contribution in [3.05, 3.63) is 28.0 Å². The molecule has 0 atom stereocenters. The summed E-state index contributed by atoms with van der Waals surface area (Å²) in [5.41, 5.74) is 2.38. The highest BCUT2D eigenvalue weighted by Gasteiger charge is 2.11. The molecule has 0 aromatic carbocycles. The van der Waals surface area contributed by atoms with Crippen LogP contribution in [-0.2, 0) is 4.79 Å². The van der Waals surface area contributed by atoms with E-state index in [1.54, 1.807) is 0 Å². The fourth-order valence-electron chi connectivity index (χ4n) is 1.82. The lowest BCUT2D eigenvalue weighted by Gasteiger charge is -2.19. The largest absolute Gasteiger partial charge is 0.433 e. The summed E-state index contributed by atoms with van der Waals surface area (Å²) in [4.78, 5) is 23.5. The summed E-state index contributed by atoms with van der Waals surface area (Å²) < 4.78 is 4.88. The van der Waals surface area contributed by atoms with Crippen LogP contribution in [0.2, 0.25) is 0 Å². The van der Waals surface area contributed by atoms with E-state index < -0.39 is 4.92 Å². The molecule has 0 radical (unpaired) electrons. The SMILES string of the molecule is CCCN(CCC)CC(=O)N/N=C\c1ccc([N+](=O)[O-])o1. The molecule has 8 heteroatoms. The molecule has 1 aromatic rings. The van der Waals surface area contributed by atoms with Crippen molar-refractivity contribution in [2.75, 3.05) is 19.6 Å². The maximum Gasteiger partial charge on any atom is 0.433 e. The van der Waals surface area contributed by atoms with Crippen molar-refractivity contribution in [3.63, 3.8) is 0 Å². The predicted molar refractivity (Wildman–Crippen MR) is 78.1 cm³/mol. The summed E-state index contributed by atoms with van der Waals surface area (Å²) in [5, 5.41) is 14.2. The minimum absolute atomic E-state index is 0.209. The van der Waals surface area contributed by atoms with Gasteiger partial charge in [0.1, 0.15) is 4.92 Å². The van der Waals surface area contributed by atoms with Gasteiger partial charge in [-0.1, -0.05) is 13.8 Å². The summed E-state index contributed by atoms with van der Waals surface area (Å²) in [7, 11) is 0. The van der Waals surface area contributed by atoms with E-state index in [4.69, 9.17) is 4.42 Å². The molecule has 0 aliphatic rings. The first-order valence-corrected chi connectivity index (χ1v) is 6.85. The number of carbonyl (C=O) groups is 1. The van der Waals surface area contributed by atoms with Gasteiger partial charge in [0.25, 0.3) is 5.91 Å². The van der Waals surface area contributed by atoms with Gasteiger partial charge in [-0.05, 0) is 32.0 Å². The van der Waals surface area contributed by atoms with Crippen molar-refractivity contribution in [1.82, 2.24) is 10.3 Å². The molecule has 0 unspecified atom stereocenters. The Morgan fingerprint density at radius 2 is 2.10 bits per heavy atom. The Morgan fingerprint density at radius 3 is 2.62 bits per heavy atom. The number of hydrogen-bond acceptors (Lipinski definition) is 6. The van der Waals surface area contributed by atoms with E-state index in [2.05, 4.69) is 24.4 Å². The Balaban J connectivity index is 2.43. The quantitative estimate of drug-likeness (QED) is 0.425. The Bertz CT molecular complexity index is 492. The average molecular weight is 296 g/mol. The van der Waals surface area contributed by atoms with Gasteiger partial charge in [-0.2, -0.15) is 5.10 Å². The predicted octanol–water partition coefficient (Wildman–Crippen LogP) is 1.76. The van der Waals surface area contributed by atoms with Crippen LogP contribution in [0.15, 0.2) is 21.7 Å². The third-order valence-corrected chi connectivity index (χ3v) is 2.62. The number of nitrogens with one attached hydrogen (secondary N) is 1. The normalized spacial score (nSPS) is 11.2. The Labute approximate surface area is 122 Å². The topological polar surface area (TPSA) is 101 Å². The molecule has 0 aliphatic carbocycles. The van der Waals surface area contributed by atoms with E-state index in [1.807, 2.05) is 4.90 Å². The molecule has 116 valence electrons. The van der Waals surface area contributed by atoms with Crippen LogP contribution in [0.3, 0.4) is 0 Å². The van der Waals surface area contributed by atoms with Crippen molar-refractivity contribution in [1.29, 1.82) is 0 Å². The zero-order valence-corrected chi connectivity index (χ0v) is 12.2. The van der Waals surface area contributed by atoms with Crippen LogP contribution in [0.1, 0.15) is 32.4 Å². The third-order valence-electron chi connectivity index (χ3n) is 2.62. The molecule has 0 bridgehead atoms.